The van der Waals surface area contributed by atoms with Crippen LogP contribution in [0.4, 0.5) is 0 Å². The highest BCUT2D eigenvalue weighted by Crippen LogP contribution is 2.16. The average Bonchev–Trinajstić information content (AvgIpc) is 2.91. The molecular weight excluding hydrogens is 240 g/mol. The zero-order chi connectivity index (χ0) is 13.7. The van der Waals surface area contributed by atoms with E-state index in [1.165, 1.54) is 0 Å². The van der Waals surface area contributed by atoms with E-state index in [-0.39, 0.29) is 17.9 Å². The van der Waals surface area contributed by atoms with Gasteiger partial charge in [0.1, 0.15) is 0 Å². The van der Waals surface area contributed by atoms with E-state index in [2.05, 4.69) is 4.98 Å². The Morgan fingerprint density at radius 3 is 2.95 bits per heavy atom. The number of carbonyl (C=O) groups excluding carboxylic acids is 1. The van der Waals surface area contributed by atoms with E-state index < -0.39 is 0 Å². The second kappa shape index (κ2) is 6.66. The Bertz CT molecular complexity index is 400. The molecule has 1 amide bonds. The van der Waals surface area contributed by atoms with Crippen LogP contribution in [0.2, 0.25) is 0 Å². The second-order valence-corrected chi connectivity index (χ2v) is 5.33. The molecule has 2 rings (SSSR count). The number of amides is 1. The first-order chi connectivity index (χ1) is 9.16. The van der Waals surface area contributed by atoms with Crippen molar-refractivity contribution in [3.63, 3.8) is 0 Å². The highest BCUT2D eigenvalue weighted by molar-refractivity contribution is 5.78. The number of rotatable bonds is 5. The summed E-state index contributed by atoms with van der Waals surface area (Å²) in [7, 11) is 0. The van der Waals surface area contributed by atoms with E-state index in [1.807, 2.05) is 36.9 Å². The summed E-state index contributed by atoms with van der Waals surface area (Å²) in [5.41, 5.74) is 0.925. The molecule has 1 aromatic rings. The maximum atomic E-state index is 12.3. The van der Waals surface area contributed by atoms with E-state index in [0.29, 0.717) is 13.1 Å². The third kappa shape index (κ3) is 4.03. The normalized spacial score (nSPS) is 18.8. The van der Waals surface area contributed by atoms with Gasteiger partial charge in [0.15, 0.2) is 0 Å². The molecule has 19 heavy (non-hydrogen) atoms. The van der Waals surface area contributed by atoms with Gasteiger partial charge in [-0.3, -0.25) is 9.78 Å². The molecule has 0 bridgehead atoms. The molecule has 0 spiro atoms. The summed E-state index contributed by atoms with van der Waals surface area (Å²) in [5, 5.41) is 0. The van der Waals surface area contributed by atoms with Gasteiger partial charge < -0.3 is 9.64 Å². The molecule has 0 radical (unpaired) electrons. The minimum atomic E-state index is 0.00474. The van der Waals surface area contributed by atoms with Gasteiger partial charge in [0.25, 0.3) is 0 Å². The topological polar surface area (TPSA) is 42.4 Å². The van der Waals surface area contributed by atoms with E-state index in [0.717, 1.165) is 25.1 Å². The van der Waals surface area contributed by atoms with E-state index in [4.69, 9.17) is 4.74 Å². The molecule has 4 nitrogen and oxygen atoms in total. The van der Waals surface area contributed by atoms with Crippen LogP contribution < -0.4 is 0 Å². The van der Waals surface area contributed by atoms with Crippen molar-refractivity contribution in [3.8, 4) is 0 Å². The summed E-state index contributed by atoms with van der Waals surface area (Å²) in [6.45, 7) is 5.93. The summed E-state index contributed by atoms with van der Waals surface area (Å²) in [5.74, 6) is 0.172. The van der Waals surface area contributed by atoms with E-state index in [1.54, 1.807) is 6.20 Å². The summed E-state index contributed by atoms with van der Waals surface area (Å²) < 4.78 is 5.64. The molecule has 1 aromatic heterocycles. The van der Waals surface area contributed by atoms with Gasteiger partial charge in [-0.2, -0.15) is 0 Å². The fourth-order valence-corrected chi connectivity index (χ4v) is 2.32. The van der Waals surface area contributed by atoms with Crippen LogP contribution in [-0.2, 0) is 16.1 Å². The van der Waals surface area contributed by atoms with Crippen molar-refractivity contribution in [2.24, 2.45) is 5.92 Å². The van der Waals surface area contributed by atoms with E-state index >= 15 is 0 Å². The largest absolute Gasteiger partial charge is 0.376 e. The van der Waals surface area contributed by atoms with Gasteiger partial charge in [-0.25, -0.2) is 0 Å². The van der Waals surface area contributed by atoms with Gasteiger partial charge in [-0.15, -0.1) is 0 Å². The van der Waals surface area contributed by atoms with Crippen molar-refractivity contribution in [1.82, 2.24) is 9.88 Å². The third-order valence-corrected chi connectivity index (χ3v) is 3.33. The summed E-state index contributed by atoms with van der Waals surface area (Å²) in [6, 6.07) is 5.79. The lowest BCUT2D eigenvalue weighted by molar-refractivity contribution is -0.136. The lowest BCUT2D eigenvalue weighted by Crippen LogP contribution is -2.39. The van der Waals surface area contributed by atoms with Gasteiger partial charge in [0, 0.05) is 25.3 Å². The van der Waals surface area contributed by atoms with Gasteiger partial charge in [0.05, 0.1) is 18.3 Å². The minimum Gasteiger partial charge on any atom is -0.376 e. The molecule has 0 N–H and O–H groups in total. The first-order valence-electron chi connectivity index (χ1n) is 6.97. The Morgan fingerprint density at radius 1 is 1.53 bits per heavy atom. The number of nitrogens with zero attached hydrogens (tertiary/aromatic N) is 2. The SMILES string of the molecule is CC(C)C(=O)N(Cc1ccccn1)CC1CCCO1. The molecule has 104 valence electrons. The van der Waals surface area contributed by atoms with Crippen LogP contribution in [0.15, 0.2) is 24.4 Å². The van der Waals surface area contributed by atoms with Gasteiger partial charge in [-0.05, 0) is 25.0 Å². The number of carbonyl (C=O) groups is 1. The zero-order valence-electron chi connectivity index (χ0n) is 11.7. The van der Waals surface area contributed by atoms with Crippen LogP contribution in [-0.4, -0.2) is 35.0 Å². The predicted octanol–water partition coefficient (Wildman–Crippen LogP) is 2.25. The zero-order valence-corrected chi connectivity index (χ0v) is 11.7. The molecule has 4 heteroatoms. The van der Waals surface area contributed by atoms with Crippen LogP contribution in [0.25, 0.3) is 0 Å². The predicted molar refractivity (Wildman–Crippen MR) is 73.5 cm³/mol. The number of pyridine rings is 1. The molecule has 0 aromatic carbocycles. The Morgan fingerprint density at radius 2 is 2.37 bits per heavy atom. The number of hydrogen-bond acceptors (Lipinski definition) is 3. The summed E-state index contributed by atoms with van der Waals surface area (Å²) >= 11 is 0. The summed E-state index contributed by atoms with van der Waals surface area (Å²) in [4.78, 5) is 18.5. The molecule has 1 unspecified atom stereocenters. The minimum absolute atomic E-state index is 0.00474. The van der Waals surface area contributed by atoms with Gasteiger partial charge in [-0.1, -0.05) is 19.9 Å². The fourth-order valence-electron chi connectivity index (χ4n) is 2.32. The Kier molecular flexibility index (Phi) is 4.91. The van der Waals surface area contributed by atoms with E-state index in [9.17, 15) is 4.79 Å². The van der Waals surface area contributed by atoms with Crippen LogP contribution in [0.5, 0.6) is 0 Å². The van der Waals surface area contributed by atoms with Crippen molar-refractivity contribution >= 4 is 5.91 Å². The second-order valence-electron chi connectivity index (χ2n) is 5.33. The lowest BCUT2D eigenvalue weighted by Gasteiger charge is -2.26. The quantitative estimate of drug-likeness (QED) is 0.817. The van der Waals surface area contributed by atoms with Crippen LogP contribution in [0.1, 0.15) is 32.4 Å². The smallest absolute Gasteiger partial charge is 0.225 e. The summed E-state index contributed by atoms with van der Waals surface area (Å²) in [6.07, 6.45) is 4.09. The molecule has 1 atom stereocenters. The number of aromatic nitrogens is 1. The maximum absolute atomic E-state index is 12.3. The number of ether oxygens (including phenoxy) is 1. The van der Waals surface area contributed by atoms with Crippen molar-refractivity contribution in [3.05, 3.63) is 30.1 Å². The Hall–Kier alpha value is -1.42. The molecule has 1 aliphatic rings. The molecule has 1 saturated heterocycles. The van der Waals surface area contributed by atoms with Crippen molar-refractivity contribution < 1.29 is 9.53 Å². The monoisotopic (exact) mass is 262 g/mol. The lowest BCUT2D eigenvalue weighted by atomic mass is 10.1. The average molecular weight is 262 g/mol. The molecule has 2 heterocycles. The van der Waals surface area contributed by atoms with Crippen LogP contribution >= 0.6 is 0 Å². The third-order valence-electron chi connectivity index (χ3n) is 3.33. The number of hydrogen-bond donors (Lipinski definition) is 0. The Balaban J connectivity index is 2.02. The highest BCUT2D eigenvalue weighted by Gasteiger charge is 2.24. The first-order valence-corrected chi connectivity index (χ1v) is 6.97. The van der Waals surface area contributed by atoms with Gasteiger partial charge in [0.2, 0.25) is 5.91 Å². The van der Waals surface area contributed by atoms with Gasteiger partial charge >= 0.3 is 0 Å². The highest BCUT2D eigenvalue weighted by atomic mass is 16.5. The fraction of sp³-hybridized carbons (Fsp3) is 0.600. The van der Waals surface area contributed by atoms with Crippen molar-refractivity contribution in [1.29, 1.82) is 0 Å². The molecule has 0 aliphatic carbocycles. The first kappa shape index (κ1) is 14.0. The molecule has 0 saturated carbocycles. The van der Waals surface area contributed by atoms with Crippen LogP contribution in [0.3, 0.4) is 0 Å². The maximum Gasteiger partial charge on any atom is 0.225 e. The Labute approximate surface area is 114 Å². The molecule has 1 aliphatic heterocycles. The standard InChI is InChI=1S/C15H22N2O2/c1-12(2)15(18)17(11-14-7-5-9-19-14)10-13-6-3-4-8-16-13/h3-4,6,8,12,14H,5,7,9-11H2,1-2H3. The van der Waals surface area contributed by atoms with Crippen molar-refractivity contribution in [2.75, 3.05) is 13.2 Å². The molecular formula is C15H22N2O2. The van der Waals surface area contributed by atoms with Crippen molar-refractivity contribution in [2.45, 2.75) is 39.3 Å². The van der Waals surface area contributed by atoms with Crippen LogP contribution in [0, 0.1) is 5.92 Å². The molecule has 1 fully saturated rings.